The van der Waals surface area contributed by atoms with Gasteiger partial charge in [0.15, 0.2) is 0 Å². The van der Waals surface area contributed by atoms with E-state index in [-0.39, 0.29) is 17.2 Å². The van der Waals surface area contributed by atoms with E-state index in [1.54, 1.807) is 6.07 Å². The highest BCUT2D eigenvalue weighted by atomic mass is 19.1. The number of nitrogens with one attached hydrogen (secondary N) is 1. The van der Waals surface area contributed by atoms with Crippen LogP contribution in [0.3, 0.4) is 0 Å². The van der Waals surface area contributed by atoms with E-state index in [0.717, 1.165) is 5.56 Å². The quantitative estimate of drug-likeness (QED) is 0.860. The van der Waals surface area contributed by atoms with Gasteiger partial charge < -0.3 is 10.4 Å². The van der Waals surface area contributed by atoms with Crippen molar-refractivity contribution in [2.24, 2.45) is 5.41 Å². The van der Waals surface area contributed by atoms with Gasteiger partial charge in [0.25, 0.3) is 0 Å². The van der Waals surface area contributed by atoms with Crippen LogP contribution in [0.25, 0.3) is 0 Å². The zero-order valence-electron chi connectivity index (χ0n) is 12.0. The third kappa shape index (κ3) is 3.27. The average molecular weight is 265 g/mol. The topological polar surface area (TPSA) is 32.3 Å². The monoisotopic (exact) mass is 265 g/mol. The summed E-state index contributed by atoms with van der Waals surface area (Å²) in [5.74, 6) is -0.361. The Hall–Kier alpha value is -1.09. The van der Waals surface area contributed by atoms with Crippen LogP contribution in [-0.2, 0) is 0 Å². The van der Waals surface area contributed by atoms with Crippen molar-refractivity contribution in [3.05, 3.63) is 29.6 Å². The smallest absolute Gasteiger partial charge is 0.126 e. The summed E-state index contributed by atoms with van der Waals surface area (Å²) in [5, 5.41) is 13.4. The lowest BCUT2D eigenvalue weighted by atomic mass is 9.73. The first kappa shape index (κ1) is 14.3. The molecule has 0 aliphatic heterocycles. The lowest BCUT2D eigenvalue weighted by Crippen LogP contribution is -2.45. The predicted molar refractivity (Wildman–Crippen MR) is 75.7 cm³/mol. The summed E-state index contributed by atoms with van der Waals surface area (Å²) >= 11 is 0. The van der Waals surface area contributed by atoms with Crippen LogP contribution in [0, 0.1) is 11.2 Å². The first-order chi connectivity index (χ1) is 8.90. The maximum absolute atomic E-state index is 13.0. The summed E-state index contributed by atoms with van der Waals surface area (Å²) in [6, 6.07) is 4.72. The zero-order chi connectivity index (χ0) is 14.0. The van der Waals surface area contributed by atoms with Crippen LogP contribution in [0.2, 0.25) is 0 Å². The van der Waals surface area contributed by atoms with Crippen molar-refractivity contribution < 1.29 is 9.50 Å². The van der Waals surface area contributed by atoms with Gasteiger partial charge in [0.05, 0.1) is 0 Å². The van der Waals surface area contributed by atoms with Crippen molar-refractivity contribution in [1.29, 1.82) is 0 Å². The molecule has 1 saturated carbocycles. The molecule has 2 atom stereocenters. The Morgan fingerprint density at radius 2 is 2.11 bits per heavy atom. The van der Waals surface area contributed by atoms with Crippen molar-refractivity contribution in [2.45, 2.75) is 58.5 Å². The maximum atomic E-state index is 13.0. The van der Waals surface area contributed by atoms with Gasteiger partial charge in [-0.3, -0.25) is 0 Å². The SMILES string of the molecule is CC(NC1CCCCC1(C)C)c1ccc(F)cc1O. The lowest BCUT2D eigenvalue weighted by molar-refractivity contribution is 0.157. The molecule has 106 valence electrons. The second-order valence-electron chi connectivity index (χ2n) is 6.38. The van der Waals surface area contributed by atoms with Crippen LogP contribution in [0.5, 0.6) is 5.75 Å². The molecule has 1 fully saturated rings. The van der Waals surface area contributed by atoms with Crippen LogP contribution < -0.4 is 5.32 Å². The standard InChI is InChI=1S/C16H24FNO/c1-11(13-8-7-12(17)10-14(13)19)18-15-6-4-5-9-16(15,2)3/h7-8,10-11,15,18-19H,4-6,9H2,1-3H3. The molecule has 2 nitrogen and oxygen atoms in total. The summed E-state index contributed by atoms with van der Waals surface area (Å²) < 4.78 is 13.0. The number of phenolic OH excluding ortho intramolecular Hbond substituents is 1. The highest BCUT2D eigenvalue weighted by molar-refractivity contribution is 5.35. The second kappa shape index (κ2) is 5.49. The van der Waals surface area contributed by atoms with E-state index in [1.807, 2.05) is 6.92 Å². The van der Waals surface area contributed by atoms with E-state index in [2.05, 4.69) is 19.2 Å². The largest absolute Gasteiger partial charge is 0.508 e. The summed E-state index contributed by atoms with van der Waals surface area (Å²) in [5.41, 5.74) is 1.05. The Labute approximate surface area is 115 Å². The number of aromatic hydroxyl groups is 1. The minimum Gasteiger partial charge on any atom is -0.508 e. The fraction of sp³-hybridized carbons (Fsp3) is 0.625. The Bertz CT molecular complexity index is 444. The van der Waals surface area contributed by atoms with Gasteiger partial charge in [0, 0.05) is 23.7 Å². The van der Waals surface area contributed by atoms with Crippen molar-refractivity contribution in [3.8, 4) is 5.75 Å². The van der Waals surface area contributed by atoms with Crippen LogP contribution in [-0.4, -0.2) is 11.1 Å². The van der Waals surface area contributed by atoms with Crippen LogP contribution >= 0.6 is 0 Å². The Balaban J connectivity index is 2.09. The third-order valence-corrected chi connectivity index (χ3v) is 4.42. The second-order valence-corrected chi connectivity index (χ2v) is 6.38. The zero-order valence-corrected chi connectivity index (χ0v) is 12.0. The van der Waals surface area contributed by atoms with Crippen molar-refractivity contribution >= 4 is 0 Å². The van der Waals surface area contributed by atoms with E-state index in [1.165, 1.54) is 37.8 Å². The summed E-state index contributed by atoms with van der Waals surface area (Å²) in [7, 11) is 0. The van der Waals surface area contributed by atoms with E-state index >= 15 is 0 Å². The number of benzene rings is 1. The number of rotatable bonds is 3. The average Bonchev–Trinajstić information content (AvgIpc) is 2.31. The first-order valence-corrected chi connectivity index (χ1v) is 7.14. The molecule has 2 unspecified atom stereocenters. The van der Waals surface area contributed by atoms with E-state index in [0.29, 0.717) is 6.04 Å². The molecule has 0 amide bonds. The number of phenols is 1. The first-order valence-electron chi connectivity index (χ1n) is 7.14. The van der Waals surface area contributed by atoms with Crippen molar-refractivity contribution in [2.75, 3.05) is 0 Å². The number of hydrogen-bond donors (Lipinski definition) is 2. The molecule has 0 heterocycles. The van der Waals surface area contributed by atoms with Crippen molar-refractivity contribution in [1.82, 2.24) is 5.32 Å². The molecule has 2 N–H and O–H groups in total. The Morgan fingerprint density at radius 3 is 2.74 bits per heavy atom. The molecular weight excluding hydrogens is 241 g/mol. The molecule has 0 spiro atoms. The van der Waals surface area contributed by atoms with Crippen molar-refractivity contribution in [3.63, 3.8) is 0 Å². The summed E-state index contributed by atoms with van der Waals surface area (Å²) in [6.45, 7) is 6.61. The molecule has 0 aromatic heterocycles. The molecule has 19 heavy (non-hydrogen) atoms. The van der Waals surface area contributed by atoms with Gasteiger partial charge in [-0.25, -0.2) is 4.39 Å². The summed E-state index contributed by atoms with van der Waals surface area (Å²) in [4.78, 5) is 0. The molecule has 0 saturated heterocycles. The van der Waals surface area contributed by atoms with Gasteiger partial charge in [0.1, 0.15) is 11.6 Å². The minimum absolute atomic E-state index is 0.0305. The van der Waals surface area contributed by atoms with Crippen LogP contribution in [0.4, 0.5) is 4.39 Å². The molecular formula is C16H24FNO. The van der Waals surface area contributed by atoms with Crippen LogP contribution in [0.15, 0.2) is 18.2 Å². The third-order valence-electron chi connectivity index (χ3n) is 4.42. The van der Waals surface area contributed by atoms with Crippen LogP contribution in [0.1, 0.15) is 58.1 Å². The number of hydrogen-bond acceptors (Lipinski definition) is 2. The Morgan fingerprint density at radius 1 is 1.37 bits per heavy atom. The van der Waals surface area contributed by atoms with E-state index in [9.17, 15) is 9.50 Å². The minimum atomic E-state index is -0.397. The summed E-state index contributed by atoms with van der Waals surface area (Å²) in [6.07, 6.45) is 4.94. The maximum Gasteiger partial charge on any atom is 0.126 e. The highest BCUT2D eigenvalue weighted by Gasteiger charge is 2.33. The lowest BCUT2D eigenvalue weighted by Gasteiger charge is -2.41. The fourth-order valence-electron chi connectivity index (χ4n) is 3.08. The fourth-order valence-corrected chi connectivity index (χ4v) is 3.08. The number of halogens is 1. The van der Waals surface area contributed by atoms with Gasteiger partial charge in [-0.2, -0.15) is 0 Å². The Kier molecular flexibility index (Phi) is 4.14. The molecule has 1 aliphatic rings. The predicted octanol–water partition coefficient (Wildman–Crippen LogP) is 4.15. The van der Waals surface area contributed by atoms with E-state index < -0.39 is 5.82 Å². The molecule has 0 radical (unpaired) electrons. The van der Waals surface area contributed by atoms with Gasteiger partial charge in [-0.15, -0.1) is 0 Å². The highest BCUT2D eigenvalue weighted by Crippen LogP contribution is 2.37. The molecule has 1 aliphatic carbocycles. The molecule has 0 bridgehead atoms. The van der Waals surface area contributed by atoms with E-state index in [4.69, 9.17) is 0 Å². The molecule has 3 heteroatoms. The normalized spacial score (nSPS) is 24.1. The molecule has 2 rings (SSSR count). The molecule has 1 aromatic rings. The van der Waals surface area contributed by atoms with Gasteiger partial charge in [-0.05, 0) is 31.2 Å². The molecule has 1 aromatic carbocycles. The van der Waals surface area contributed by atoms with Gasteiger partial charge in [0.2, 0.25) is 0 Å². The van der Waals surface area contributed by atoms with Gasteiger partial charge in [-0.1, -0.05) is 32.8 Å². The van der Waals surface area contributed by atoms with Gasteiger partial charge >= 0.3 is 0 Å².